The van der Waals surface area contributed by atoms with Crippen LogP contribution in [0.1, 0.15) is 45.4 Å². The van der Waals surface area contributed by atoms with Gasteiger partial charge in [-0.05, 0) is 31.6 Å². The van der Waals surface area contributed by atoms with E-state index in [4.69, 9.17) is 9.47 Å². The van der Waals surface area contributed by atoms with E-state index >= 15 is 0 Å². The number of nitrogens with one attached hydrogen (secondary N) is 1. The van der Waals surface area contributed by atoms with Crippen LogP contribution >= 0.6 is 0 Å². The zero-order valence-electron chi connectivity index (χ0n) is 11.5. The summed E-state index contributed by atoms with van der Waals surface area (Å²) in [7, 11) is 1.69. The second kappa shape index (κ2) is 6.53. The maximum Gasteiger partial charge on any atom is 0.323 e. The van der Waals surface area contributed by atoms with E-state index in [2.05, 4.69) is 12.2 Å². The second-order valence-corrected chi connectivity index (χ2v) is 5.48. The molecule has 1 heterocycles. The average Bonchev–Trinajstić information content (AvgIpc) is 2.88. The summed E-state index contributed by atoms with van der Waals surface area (Å²) in [5.41, 5.74) is 0. The number of hydrogen-bond donors (Lipinski definition) is 1. The Kier molecular flexibility index (Phi) is 5.01. The summed E-state index contributed by atoms with van der Waals surface area (Å²) < 4.78 is 11.0. The number of carbonyl (C=O) groups excluding carboxylic acids is 1. The summed E-state index contributed by atoms with van der Waals surface area (Å²) in [5, 5.41) is 3.18. The van der Waals surface area contributed by atoms with E-state index in [0.717, 1.165) is 25.8 Å². The lowest BCUT2D eigenvalue weighted by Gasteiger charge is -2.31. The topological polar surface area (TPSA) is 47.6 Å². The fourth-order valence-electron chi connectivity index (χ4n) is 3.09. The zero-order valence-corrected chi connectivity index (χ0v) is 11.5. The van der Waals surface area contributed by atoms with Crippen LogP contribution in [0, 0.1) is 5.92 Å². The van der Waals surface area contributed by atoms with Gasteiger partial charge in [0, 0.05) is 20.1 Å². The largest absolute Gasteiger partial charge is 0.461 e. The SMILES string of the molecule is CCC1CCCCC1OC(=O)C1CC(OC)CN1. The highest BCUT2D eigenvalue weighted by atomic mass is 16.5. The predicted octanol–water partition coefficient (Wildman–Crippen LogP) is 1.88. The van der Waals surface area contributed by atoms with Gasteiger partial charge in [0.25, 0.3) is 0 Å². The van der Waals surface area contributed by atoms with E-state index in [1.165, 1.54) is 19.3 Å². The molecule has 4 nitrogen and oxygen atoms in total. The van der Waals surface area contributed by atoms with Crippen LogP contribution < -0.4 is 5.32 Å². The van der Waals surface area contributed by atoms with Gasteiger partial charge in [0.05, 0.1) is 6.10 Å². The van der Waals surface area contributed by atoms with Crippen LogP contribution in [-0.4, -0.2) is 37.9 Å². The molecule has 1 aliphatic carbocycles. The number of hydrogen-bond acceptors (Lipinski definition) is 4. The molecule has 0 aromatic rings. The van der Waals surface area contributed by atoms with Crippen molar-refractivity contribution in [2.24, 2.45) is 5.92 Å². The van der Waals surface area contributed by atoms with Crippen molar-refractivity contribution in [1.82, 2.24) is 5.32 Å². The van der Waals surface area contributed by atoms with Gasteiger partial charge in [0.15, 0.2) is 0 Å². The first-order valence-electron chi connectivity index (χ1n) is 7.21. The van der Waals surface area contributed by atoms with E-state index in [1.54, 1.807) is 7.11 Å². The van der Waals surface area contributed by atoms with Gasteiger partial charge < -0.3 is 14.8 Å². The maximum atomic E-state index is 12.1. The molecule has 4 heteroatoms. The van der Waals surface area contributed by atoms with Crippen molar-refractivity contribution < 1.29 is 14.3 Å². The van der Waals surface area contributed by atoms with Crippen LogP contribution in [-0.2, 0) is 14.3 Å². The first-order chi connectivity index (χ1) is 8.74. The number of methoxy groups -OCH3 is 1. The summed E-state index contributed by atoms with van der Waals surface area (Å²) in [4.78, 5) is 12.1. The Morgan fingerprint density at radius 3 is 2.78 bits per heavy atom. The summed E-state index contributed by atoms with van der Waals surface area (Å²) in [6.45, 7) is 2.93. The summed E-state index contributed by atoms with van der Waals surface area (Å²) in [5.74, 6) is 0.474. The first kappa shape index (κ1) is 13.8. The molecular formula is C14H25NO3. The second-order valence-electron chi connectivity index (χ2n) is 5.48. The van der Waals surface area contributed by atoms with Crippen LogP contribution in [0.4, 0.5) is 0 Å². The Morgan fingerprint density at radius 1 is 1.33 bits per heavy atom. The van der Waals surface area contributed by atoms with Crippen molar-refractivity contribution >= 4 is 5.97 Å². The molecule has 0 spiro atoms. The Morgan fingerprint density at radius 2 is 2.11 bits per heavy atom. The summed E-state index contributed by atoms with van der Waals surface area (Å²) >= 11 is 0. The molecule has 0 amide bonds. The van der Waals surface area contributed by atoms with E-state index in [9.17, 15) is 4.79 Å². The third-order valence-electron chi connectivity index (χ3n) is 4.34. The van der Waals surface area contributed by atoms with E-state index in [0.29, 0.717) is 5.92 Å². The van der Waals surface area contributed by atoms with E-state index < -0.39 is 0 Å². The molecule has 4 atom stereocenters. The Bertz CT molecular complexity index is 282. The molecule has 0 bridgehead atoms. The monoisotopic (exact) mass is 255 g/mol. The van der Waals surface area contributed by atoms with Gasteiger partial charge in [0.1, 0.15) is 12.1 Å². The summed E-state index contributed by atoms with van der Waals surface area (Å²) in [6.07, 6.45) is 6.83. The molecular weight excluding hydrogens is 230 g/mol. The third-order valence-corrected chi connectivity index (χ3v) is 4.34. The Hall–Kier alpha value is -0.610. The highest BCUT2D eigenvalue weighted by molar-refractivity contribution is 5.76. The number of esters is 1. The van der Waals surface area contributed by atoms with Gasteiger partial charge in [-0.3, -0.25) is 4.79 Å². The molecule has 104 valence electrons. The highest BCUT2D eigenvalue weighted by Gasteiger charge is 2.34. The van der Waals surface area contributed by atoms with E-state index in [-0.39, 0.29) is 24.2 Å². The van der Waals surface area contributed by atoms with Crippen LogP contribution in [0.25, 0.3) is 0 Å². The van der Waals surface area contributed by atoms with Gasteiger partial charge in [0.2, 0.25) is 0 Å². The quantitative estimate of drug-likeness (QED) is 0.779. The van der Waals surface area contributed by atoms with Crippen LogP contribution in [0.5, 0.6) is 0 Å². The normalized spacial score (nSPS) is 36.6. The standard InChI is InChI=1S/C14H25NO3/c1-3-10-6-4-5-7-13(10)18-14(16)12-8-11(17-2)9-15-12/h10-13,15H,3-9H2,1-2H3. The Balaban J connectivity index is 1.83. The van der Waals surface area contributed by atoms with Crippen molar-refractivity contribution in [3.8, 4) is 0 Å². The lowest BCUT2D eigenvalue weighted by Crippen LogP contribution is -2.38. The van der Waals surface area contributed by atoms with Gasteiger partial charge in [-0.1, -0.05) is 13.3 Å². The highest BCUT2D eigenvalue weighted by Crippen LogP contribution is 2.29. The molecule has 1 saturated heterocycles. The van der Waals surface area contributed by atoms with Gasteiger partial charge >= 0.3 is 5.97 Å². The van der Waals surface area contributed by atoms with Crippen LogP contribution in [0.3, 0.4) is 0 Å². The zero-order chi connectivity index (χ0) is 13.0. The third kappa shape index (κ3) is 3.23. The van der Waals surface area contributed by atoms with Crippen molar-refractivity contribution in [2.45, 2.75) is 63.7 Å². The van der Waals surface area contributed by atoms with E-state index in [1.807, 2.05) is 0 Å². The molecule has 0 radical (unpaired) electrons. The Labute approximate surface area is 109 Å². The van der Waals surface area contributed by atoms with Crippen molar-refractivity contribution in [3.63, 3.8) is 0 Å². The molecule has 2 rings (SSSR count). The molecule has 2 aliphatic rings. The van der Waals surface area contributed by atoms with Crippen molar-refractivity contribution in [3.05, 3.63) is 0 Å². The minimum Gasteiger partial charge on any atom is -0.461 e. The molecule has 1 saturated carbocycles. The predicted molar refractivity (Wildman–Crippen MR) is 69.3 cm³/mol. The van der Waals surface area contributed by atoms with Crippen molar-refractivity contribution in [1.29, 1.82) is 0 Å². The lowest BCUT2D eigenvalue weighted by atomic mass is 9.85. The molecule has 18 heavy (non-hydrogen) atoms. The smallest absolute Gasteiger partial charge is 0.323 e. The molecule has 0 aromatic heterocycles. The minimum absolute atomic E-state index is 0.0834. The number of rotatable bonds is 4. The molecule has 0 aromatic carbocycles. The summed E-state index contributed by atoms with van der Waals surface area (Å²) in [6, 6.07) is -0.172. The fourth-order valence-corrected chi connectivity index (χ4v) is 3.09. The fraction of sp³-hybridized carbons (Fsp3) is 0.929. The molecule has 4 unspecified atom stereocenters. The molecule has 2 fully saturated rings. The van der Waals surface area contributed by atoms with Gasteiger partial charge in [-0.15, -0.1) is 0 Å². The van der Waals surface area contributed by atoms with Crippen LogP contribution in [0.2, 0.25) is 0 Å². The van der Waals surface area contributed by atoms with Gasteiger partial charge in [-0.2, -0.15) is 0 Å². The van der Waals surface area contributed by atoms with Crippen molar-refractivity contribution in [2.75, 3.05) is 13.7 Å². The number of ether oxygens (including phenoxy) is 2. The van der Waals surface area contributed by atoms with Gasteiger partial charge in [-0.25, -0.2) is 0 Å². The number of carbonyl (C=O) groups is 1. The molecule has 1 N–H and O–H groups in total. The minimum atomic E-state index is -0.172. The lowest BCUT2D eigenvalue weighted by molar-refractivity contribution is -0.156. The first-order valence-corrected chi connectivity index (χ1v) is 7.21. The average molecular weight is 255 g/mol. The maximum absolute atomic E-state index is 12.1. The molecule has 1 aliphatic heterocycles. The van der Waals surface area contributed by atoms with Crippen LogP contribution in [0.15, 0.2) is 0 Å².